The summed E-state index contributed by atoms with van der Waals surface area (Å²) in [6.07, 6.45) is 0.720. The quantitative estimate of drug-likeness (QED) is 0.617. The van der Waals surface area contributed by atoms with Crippen molar-refractivity contribution in [3.63, 3.8) is 0 Å². The first-order valence-corrected chi connectivity index (χ1v) is 5.38. The van der Waals surface area contributed by atoms with Crippen molar-refractivity contribution in [2.45, 2.75) is 32.7 Å². The molecule has 1 rings (SSSR count). The summed E-state index contributed by atoms with van der Waals surface area (Å²) < 4.78 is 6.99. The lowest BCUT2D eigenvalue weighted by molar-refractivity contribution is -0.390. The number of aryl methyl sites for hydroxylation is 1. The molecule has 0 aliphatic rings. The van der Waals surface area contributed by atoms with Gasteiger partial charge in [0, 0.05) is 19.5 Å². The van der Waals surface area contributed by atoms with Gasteiger partial charge in [-0.1, -0.05) is 6.92 Å². The van der Waals surface area contributed by atoms with Gasteiger partial charge in [-0.15, -0.1) is 0 Å². The van der Waals surface area contributed by atoms with Gasteiger partial charge >= 0.3 is 5.82 Å². The zero-order valence-corrected chi connectivity index (χ0v) is 10.6. The number of aromatic nitrogens is 2. The number of hydrogen-bond donors (Lipinski definition) is 1. The van der Waals surface area contributed by atoms with Crippen molar-refractivity contribution in [1.82, 2.24) is 9.55 Å². The second-order valence-corrected chi connectivity index (χ2v) is 4.40. The number of nitro groups is 1. The molecule has 1 aromatic heterocycles. The van der Waals surface area contributed by atoms with Crippen molar-refractivity contribution in [3.05, 3.63) is 15.9 Å². The smallest absolute Gasteiger partial charge is 0.426 e. The Morgan fingerprint density at radius 1 is 1.65 bits per heavy atom. The van der Waals surface area contributed by atoms with Crippen molar-refractivity contribution in [2.75, 3.05) is 6.61 Å². The summed E-state index contributed by atoms with van der Waals surface area (Å²) >= 11 is 0. The molecule has 0 saturated heterocycles. The third-order valence-corrected chi connectivity index (χ3v) is 2.77. The second-order valence-electron chi connectivity index (χ2n) is 4.40. The number of imidazole rings is 1. The predicted molar refractivity (Wildman–Crippen MR) is 63.0 cm³/mol. The molecule has 1 aromatic rings. The highest BCUT2D eigenvalue weighted by molar-refractivity contribution is 5.36. The van der Waals surface area contributed by atoms with E-state index in [1.807, 2.05) is 13.8 Å². The Morgan fingerprint density at radius 3 is 2.71 bits per heavy atom. The van der Waals surface area contributed by atoms with Gasteiger partial charge in [-0.25, -0.2) is 0 Å². The largest absolute Gasteiger partial charge is 0.471 e. The Hall–Kier alpha value is -1.63. The molecule has 0 spiro atoms. The monoisotopic (exact) mass is 242 g/mol. The molecular formula is C10H18N4O3. The van der Waals surface area contributed by atoms with Crippen molar-refractivity contribution in [2.24, 2.45) is 12.8 Å². The molecule has 0 radical (unpaired) electrons. The number of nitrogens with zero attached hydrogens (tertiary/aromatic N) is 3. The molecule has 1 atom stereocenters. The van der Waals surface area contributed by atoms with Gasteiger partial charge in [0.25, 0.3) is 5.88 Å². The van der Waals surface area contributed by atoms with Crippen LogP contribution in [0.15, 0.2) is 0 Å². The van der Waals surface area contributed by atoms with Crippen LogP contribution in [0.5, 0.6) is 5.88 Å². The van der Waals surface area contributed by atoms with Gasteiger partial charge in [-0.3, -0.25) is 4.57 Å². The van der Waals surface area contributed by atoms with Crippen LogP contribution in [-0.4, -0.2) is 26.6 Å². The Bertz CT molecular complexity index is 425. The topological polar surface area (TPSA) is 96.2 Å². The highest BCUT2D eigenvalue weighted by Crippen LogP contribution is 2.27. The maximum absolute atomic E-state index is 10.8. The molecule has 1 heterocycles. The van der Waals surface area contributed by atoms with E-state index in [1.54, 1.807) is 18.5 Å². The van der Waals surface area contributed by atoms with Crippen LogP contribution >= 0.6 is 0 Å². The fraction of sp³-hybridized carbons (Fsp3) is 0.700. The fourth-order valence-electron chi connectivity index (χ4n) is 1.19. The summed E-state index contributed by atoms with van der Waals surface area (Å²) in [5, 5.41) is 10.8. The first-order chi connectivity index (χ1) is 7.78. The van der Waals surface area contributed by atoms with E-state index >= 15 is 0 Å². The summed E-state index contributed by atoms with van der Waals surface area (Å²) in [6, 6.07) is 0. The molecule has 0 aromatic carbocycles. The highest BCUT2D eigenvalue weighted by atomic mass is 16.6. The van der Waals surface area contributed by atoms with E-state index in [9.17, 15) is 10.1 Å². The third-order valence-electron chi connectivity index (χ3n) is 2.77. The lowest BCUT2D eigenvalue weighted by atomic mass is 10.0. The first kappa shape index (κ1) is 13.4. The Balaban J connectivity index is 2.94. The summed E-state index contributed by atoms with van der Waals surface area (Å²) in [4.78, 5) is 14.1. The van der Waals surface area contributed by atoms with E-state index in [0.29, 0.717) is 5.82 Å². The van der Waals surface area contributed by atoms with Crippen LogP contribution in [0.25, 0.3) is 0 Å². The minimum atomic E-state index is -0.553. The zero-order valence-electron chi connectivity index (χ0n) is 10.6. The first-order valence-electron chi connectivity index (χ1n) is 5.38. The van der Waals surface area contributed by atoms with Gasteiger partial charge in [-0.05, 0) is 23.3 Å². The summed E-state index contributed by atoms with van der Waals surface area (Å²) in [5.74, 6) is 0.413. The Labute approximate surface area is 99.7 Å². The average Bonchev–Trinajstić information content (AvgIpc) is 2.53. The van der Waals surface area contributed by atoms with Crippen LogP contribution in [0.3, 0.4) is 0 Å². The van der Waals surface area contributed by atoms with Gasteiger partial charge < -0.3 is 20.6 Å². The van der Waals surface area contributed by atoms with Crippen LogP contribution in [0.2, 0.25) is 0 Å². The second kappa shape index (κ2) is 4.70. The SMILES string of the molecule is CCC(C)(N)COc1c([N+](=O)[O-])nc(C)n1C. The average molecular weight is 242 g/mol. The van der Waals surface area contributed by atoms with Gasteiger partial charge in [0.15, 0.2) is 0 Å². The summed E-state index contributed by atoms with van der Waals surface area (Å²) in [5.41, 5.74) is 5.41. The molecule has 1 unspecified atom stereocenters. The van der Waals surface area contributed by atoms with E-state index in [2.05, 4.69) is 4.98 Å². The normalized spacial score (nSPS) is 14.4. The molecule has 2 N–H and O–H groups in total. The van der Waals surface area contributed by atoms with Crippen LogP contribution in [0.1, 0.15) is 26.1 Å². The van der Waals surface area contributed by atoms with E-state index in [-0.39, 0.29) is 18.3 Å². The minimum Gasteiger partial charge on any atom is -0.471 e. The highest BCUT2D eigenvalue weighted by Gasteiger charge is 2.27. The lowest BCUT2D eigenvalue weighted by Crippen LogP contribution is -2.41. The van der Waals surface area contributed by atoms with Crippen LogP contribution < -0.4 is 10.5 Å². The maximum atomic E-state index is 10.8. The predicted octanol–water partition coefficient (Wildman–Crippen LogP) is 1.14. The Kier molecular flexibility index (Phi) is 3.72. The van der Waals surface area contributed by atoms with Gasteiger partial charge in [0.2, 0.25) is 5.82 Å². The van der Waals surface area contributed by atoms with E-state index in [1.165, 1.54) is 0 Å². The van der Waals surface area contributed by atoms with Crippen molar-refractivity contribution in [1.29, 1.82) is 0 Å². The van der Waals surface area contributed by atoms with Gasteiger partial charge in [0.05, 0.1) is 0 Å². The van der Waals surface area contributed by atoms with Gasteiger partial charge in [0.1, 0.15) is 6.61 Å². The standard InChI is InChI=1S/C10H18N4O3/c1-5-10(3,11)6-17-9-8(14(15)16)12-7(2)13(9)4/h5-6,11H2,1-4H3. The van der Waals surface area contributed by atoms with E-state index in [4.69, 9.17) is 10.5 Å². The summed E-state index contributed by atoms with van der Waals surface area (Å²) in [6.45, 7) is 5.67. The van der Waals surface area contributed by atoms with Crippen molar-refractivity contribution < 1.29 is 9.66 Å². The van der Waals surface area contributed by atoms with E-state index in [0.717, 1.165) is 6.42 Å². The molecule has 0 aliphatic carbocycles. The molecule has 0 bridgehead atoms. The fourth-order valence-corrected chi connectivity index (χ4v) is 1.19. The minimum absolute atomic E-state index is 0.151. The zero-order chi connectivity index (χ0) is 13.2. The maximum Gasteiger partial charge on any atom is 0.426 e. The number of hydrogen-bond acceptors (Lipinski definition) is 5. The molecular weight excluding hydrogens is 224 g/mol. The molecule has 0 amide bonds. The molecule has 7 nitrogen and oxygen atoms in total. The third kappa shape index (κ3) is 2.94. The van der Waals surface area contributed by atoms with Gasteiger partial charge in [-0.2, -0.15) is 0 Å². The van der Waals surface area contributed by atoms with Crippen LogP contribution in [-0.2, 0) is 7.05 Å². The molecule has 0 aliphatic heterocycles. The van der Waals surface area contributed by atoms with Crippen LogP contribution in [0.4, 0.5) is 5.82 Å². The molecule has 0 saturated carbocycles. The molecule has 17 heavy (non-hydrogen) atoms. The lowest BCUT2D eigenvalue weighted by Gasteiger charge is -2.22. The van der Waals surface area contributed by atoms with E-state index < -0.39 is 10.5 Å². The molecule has 0 fully saturated rings. The number of ether oxygens (including phenoxy) is 1. The van der Waals surface area contributed by atoms with Crippen molar-refractivity contribution >= 4 is 5.82 Å². The number of nitrogens with two attached hydrogens (primary N) is 1. The molecule has 7 heteroatoms. The summed E-state index contributed by atoms with van der Waals surface area (Å²) in [7, 11) is 1.67. The Morgan fingerprint density at radius 2 is 2.24 bits per heavy atom. The van der Waals surface area contributed by atoms with Crippen molar-refractivity contribution in [3.8, 4) is 5.88 Å². The number of rotatable bonds is 5. The van der Waals surface area contributed by atoms with Crippen LogP contribution in [0, 0.1) is 17.0 Å². The molecule has 96 valence electrons.